The fourth-order valence-electron chi connectivity index (χ4n) is 1.75. The number of thiazole rings is 1. The van der Waals surface area contributed by atoms with Crippen molar-refractivity contribution in [2.24, 2.45) is 0 Å². The summed E-state index contributed by atoms with van der Waals surface area (Å²) in [5.74, 6) is -0.310. The molecule has 0 unspecified atom stereocenters. The number of aromatic hydroxyl groups is 1. The van der Waals surface area contributed by atoms with Gasteiger partial charge in [0.2, 0.25) is 0 Å². The lowest BCUT2D eigenvalue weighted by Crippen LogP contribution is -2.23. The van der Waals surface area contributed by atoms with Crippen LogP contribution in [0.2, 0.25) is 0 Å². The minimum absolute atomic E-state index is 0.00990. The third kappa shape index (κ3) is 3.93. The summed E-state index contributed by atoms with van der Waals surface area (Å²) >= 11 is 1.53. The first-order valence-corrected chi connectivity index (χ1v) is 7.43. The van der Waals surface area contributed by atoms with Crippen LogP contribution < -0.4 is 5.32 Å². The molecule has 0 aliphatic rings. The SMILES string of the molecule is Cc1nc(CNC(=O)/C(C#N)=C/c2ccc(O)cc2)sc1C. The number of carbonyl (C=O) groups excluding carboxylic acids is 1. The molecule has 0 fully saturated rings. The van der Waals surface area contributed by atoms with Gasteiger partial charge in [-0.3, -0.25) is 4.79 Å². The highest BCUT2D eigenvalue weighted by Crippen LogP contribution is 2.16. The molecule has 6 heteroatoms. The maximum atomic E-state index is 12.0. The zero-order chi connectivity index (χ0) is 16.1. The fourth-order valence-corrected chi connectivity index (χ4v) is 2.63. The number of hydrogen-bond donors (Lipinski definition) is 2. The average molecular weight is 313 g/mol. The zero-order valence-electron chi connectivity index (χ0n) is 12.3. The summed E-state index contributed by atoms with van der Waals surface area (Å²) in [7, 11) is 0. The number of nitriles is 1. The largest absolute Gasteiger partial charge is 0.508 e. The second-order valence-corrected chi connectivity index (χ2v) is 5.98. The van der Waals surface area contributed by atoms with Gasteiger partial charge in [-0.25, -0.2) is 4.98 Å². The van der Waals surface area contributed by atoms with Crippen LogP contribution >= 0.6 is 11.3 Å². The molecule has 0 aliphatic carbocycles. The van der Waals surface area contributed by atoms with Gasteiger partial charge in [0, 0.05) is 4.88 Å². The molecule has 112 valence electrons. The van der Waals surface area contributed by atoms with Crippen molar-refractivity contribution in [3.05, 3.63) is 51.0 Å². The van der Waals surface area contributed by atoms with Crippen molar-refractivity contribution in [3.8, 4) is 11.8 Å². The zero-order valence-corrected chi connectivity index (χ0v) is 13.1. The van der Waals surface area contributed by atoms with Crippen molar-refractivity contribution in [2.75, 3.05) is 0 Å². The number of phenols is 1. The highest BCUT2D eigenvalue weighted by molar-refractivity contribution is 7.11. The van der Waals surface area contributed by atoms with Gasteiger partial charge in [0.25, 0.3) is 5.91 Å². The highest BCUT2D eigenvalue weighted by Gasteiger charge is 2.10. The molecule has 1 amide bonds. The minimum atomic E-state index is -0.443. The smallest absolute Gasteiger partial charge is 0.262 e. The fraction of sp³-hybridized carbons (Fsp3) is 0.188. The minimum Gasteiger partial charge on any atom is -0.508 e. The Morgan fingerprint density at radius 3 is 2.64 bits per heavy atom. The summed E-state index contributed by atoms with van der Waals surface area (Å²) in [6.07, 6.45) is 1.48. The van der Waals surface area contributed by atoms with Crippen molar-refractivity contribution in [3.63, 3.8) is 0 Å². The highest BCUT2D eigenvalue weighted by atomic mass is 32.1. The summed E-state index contributed by atoms with van der Waals surface area (Å²) in [5, 5.41) is 21.8. The molecule has 1 heterocycles. The Kier molecular flexibility index (Phi) is 4.92. The molecule has 0 radical (unpaired) electrons. The van der Waals surface area contributed by atoms with Gasteiger partial charge in [-0.15, -0.1) is 11.3 Å². The number of hydrogen-bond acceptors (Lipinski definition) is 5. The first-order valence-electron chi connectivity index (χ1n) is 6.61. The number of nitrogens with one attached hydrogen (secondary N) is 1. The maximum absolute atomic E-state index is 12.0. The van der Waals surface area contributed by atoms with Crippen LogP contribution in [0, 0.1) is 25.2 Å². The Morgan fingerprint density at radius 1 is 1.41 bits per heavy atom. The molecule has 2 aromatic rings. The second kappa shape index (κ2) is 6.87. The van der Waals surface area contributed by atoms with Crippen LogP contribution in [-0.2, 0) is 11.3 Å². The van der Waals surface area contributed by atoms with E-state index in [1.807, 2.05) is 19.9 Å². The second-order valence-electron chi connectivity index (χ2n) is 4.69. The molecule has 0 bridgehead atoms. The molecule has 5 nitrogen and oxygen atoms in total. The Labute approximate surface area is 132 Å². The molecular weight excluding hydrogens is 298 g/mol. The van der Waals surface area contributed by atoms with Crippen molar-refractivity contribution in [2.45, 2.75) is 20.4 Å². The van der Waals surface area contributed by atoms with Crippen LogP contribution in [0.25, 0.3) is 6.08 Å². The molecule has 0 saturated heterocycles. The van der Waals surface area contributed by atoms with Gasteiger partial charge in [-0.05, 0) is 37.6 Å². The van der Waals surface area contributed by atoms with E-state index in [1.54, 1.807) is 12.1 Å². The van der Waals surface area contributed by atoms with Crippen molar-refractivity contribution in [1.29, 1.82) is 5.26 Å². The molecule has 0 aliphatic heterocycles. The van der Waals surface area contributed by atoms with Crippen molar-refractivity contribution in [1.82, 2.24) is 10.3 Å². The van der Waals surface area contributed by atoms with Crippen LogP contribution in [0.5, 0.6) is 5.75 Å². The molecule has 2 N–H and O–H groups in total. The predicted molar refractivity (Wildman–Crippen MR) is 85.1 cm³/mol. The summed E-state index contributed by atoms with van der Waals surface area (Å²) in [6.45, 7) is 4.19. The molecule has 0 atom stereocenters. The van der Waals surface area contributed by atoms with Gasteiger partial charge in [-0.1, -0.05) is 12.1 Å². The van der Waals surface area contributed by atoms with E-state index < -0.39 is 5.91 Å². The van der Waals surface area contributed by atoms with Gasteiger partial charge in [0.1, 0.15) is 22.4 Å². The lowest BCUT2D eigenvalue weighted by atomic mass is 10.1. The number of rotatable bonds is 4. The number of aryl methyl sites for hydroxylation is 2. The topological polar surface area (TPSA) is 86.0 Å². The number of phenolic OH excluding ortho intramolecular Hbond substituents is 1. The normalized spacial score (nSPS) is 11.0. The summed E-state index contributed by atoms with van der Waals surface area (Å²) in [5.41, 5.74) is 1.63. The van der Waals surface area contributed by atoms with Gasteiger partial charge in [-0.2, -0.15) is 5.26 Å². The number of nitrogens with zero attached hydrogens (tertiary/aromatic N) is 2. The van der Waals surface area contributed by atoms with E-state index in [1.165, 1.54) is 29.5 Å². The van der Waals surface area contributed by atoms with Gasteiger partial charge in [0.15, 0.2) is 0 Å². The Bertz CT molecular complexity index is 735. The standard InChI is InChI=1S/C16H15N3O2S/c1-10-11(2)22-15(19-10)9-18-16(21)13(8-17)7-12-3-5-14(20)6-4-12/h3-7,20H,9H2,1-2H3,(H,18,21)/b13-7+. The maximum Gasteiger partial charge on any atom is 0.262 e. The van der Waals surface area contributed by atoms with E-state index in [-0.39, 0.29) is 11.3 Å². The molecule has 22 heavy (non-hydrogen) atoms. The van der Waals surface area contributed by atoms with E-state index in [9.17, 15) is 9.90 Å². The Morgan fingerprint density at radius 2 is 2.09 bits per heavy atom. The predicted octanol–water partition coefficient (Wildman–Crippen LogP) is 2.69. The van der Waals surface area contributed by atoms with Crippen LogP contribution in [0.4, 0.5) is 0 Å². The lowest BCUT2D eigenvalue weighted by Gasteiger charge is -2.02. The summed E-state index contributed by atoms with van der Waals surface area (Å²) in [6, 6.07) is 8.15. The third-order valence-corrected chi connectivity index (χ3v) is 4.12. The summed E-state index contributed by atoms with van der Waals surface area (Å²) < 4.78 is 0. The number of benzene rings is 1. The first kappa shape index (κ1) is 15.7. The van der Waals surface area contributed by atoms with Crippen molar-refractivity contribution >= 4 is 23.3 Å². The van der Waals surface area contributed by atoms with Gasteiger partial charge < -0.3 is 10.4 Å². The van der Waals surface area contributed by atoms with Crippen LogP contribution in [0.1, 0.15) is 21.1 Å². The molecule has 0 saturated carbocycles. The Hall–Kier alpha value is -2.65. The number of carbonyl (C=O) groups is 1. The quantitative estimate of drug-likeness (QED) is 0.671. The Balaban J connectivity index is 2.06. The molecular formula is C16H15N3O2S. The number of amides is 1. The monoisotopic (exact) mass is 313 g/mol. The van der Waals surface area contributed by atoms with E-state index in [0.717, 1.165) is 15.6 Å². The van der Waals surface area contributed by atoms with Gasteiger partial charge in [0.05, 0.1) is 12.2 Å². The van der Waals surface area contributed by atoms with Crippen LogP contribution in [0.15, 0.2) is 29.8 Å². The third-order valence-electron chi connectivity index (χ3n) is 3.04. The van der Waals surface area contributed by atoms with E-state index in [2.05, 4.69) is 10.3 Å². The van der Waals surface area contributed by atoms with Gasteiger partial charge >= 0.3 is 0 Å². The average Bonchev–Trinajstić information content (AvgIpc) is 2.83. The number of aromatic nitrogens is 1. The molecule has 0 spiro atoms. The lowest BCUT2D eigenvalue weighted by molar-refractivity contribution is -0.117. The van der Waals surface area contributed by atoms with Crippen LogP contribution in [0.3, 0.4) is 0 Å². The molecule has 1 aromatic carbocycles. The van der Waals surface area contributed by atoms with Crippen LogP contribution in [-0.4, -0.2) is 16.0 Å². The molecule has 1 aromatic heterocycles. The first-order chi connectivity index (χ1) is 10.5. The van der Waals surface area contributed by atoms with E-state index >= 15 is 0 Å². The van der Waals surface area contributed by atoms with E-state index in [0.29, 0.717) is 12.1 Å². The van der Waals surface area contributed by atoms with Crippen molar-refractivity contribution < 1.29 is 9.90 Å². The molecule has 2 rings (SSSR count). The van der Waals surface area contributed by atoms with E-state index in [4.69, 9.17) is 5.26 Å². The summed E-state index contributed by atoms with van der Waals surface area (Å²) in [4.78, 5) is 17.5.